The molecule has 0 atom stereocenters. The SMILES string of the molecule is CCOC(=O)c1ccccc1NC(=O)c1ccc(OCCSc2ccccc2)cc1. The molecule has 0 spiro atoms. The molecular formula is C24H23NO4S. The number of carbonyl (C=O) groups is 2. The molecule has 0 aliphatic carbocycles. The Morgan fingerprint density at radius 1 is 0.900 bits per heavy atom. The summed E-state index contributed by atoms with van der Waals surface area (Å²) in [6, 6.07) is 23.8. The normalized spacial score (nSPS) is 10.3. The van der Waals surface area contributed by atoms with E-state index in [-0.39, 0.29) is 12.5 Å². The second-order valence-electron chi connectivity index (χ2n) is 6.25. The van der Waals surface area contributed by atoms with Gasteiger partial charge in [-0.3, -0.25) is 4.79 Å². The van der Waals surface area contributed by atoms with E-state index >= 15 is 0 Å². The first-order valence-electron chi connectivity index (χ1n) is 9.65. The van der Waals surface area contributed by atoms with Gasteiger partial charge in [0.2, 0.25) is 0 Å². The first-order valence-corrected chi connectivity index (χ1v) is 10.6. The summed E-state index contributed by atoms with van der Waals surface area (Å²) in [4.78, 5) is 25.8. The zero-order chi connectivity index (χ0) is 21.2. The van der Waals surface area contributed by atoms with Crippen LogP contribution in [0.3, 0.4) is 0 Å². The van der Waals surface area contributed by atoms with Crippen molar-refractivity contribution in [2.75, 3.05) is 24.3 Å². The molecule has 0 aliphatic rings. The first kappa shape index (κ1) is 21.5. The molecule has 0 aromatic heterocycles. The van der Waals surface area contributed by atoms with Crippen LogP contribution in [0.5, 0.6) is 5.75 Å². The van der Waals surface area contributed by atoms with Crippen LogP contribution in [-0.2, 0) is 4.74 Å². The predicted octanol–water partition coefficient (Wildman–Crippen LogP) is 5.29. The molecule has 0 saturated heterocycles. The molecule has 1 amide bonds. The summed E-state index contributed by atoms with van der Waals surface area (Å²) >= 11 is 1.73. The maximum Gasteiger partial charge on any atom is 0.340 e. The molecule has 0 heterocycles. The lowest BCUT2D eigenvalue weighted by Gasteiger charge is -2.11. The number of hydrogen-bond acceptors (Lipinski definition) is 5. The zero-order valence-electron chi connectivity index (χ0n) is 16.7. The van der Waals surface area contributed by atoms with Gasteiger partial charge in [-0.15, -0.1) is 11.8 Å². The number of hydrogen-bond donors (Lipinski definition) is 1. The Labute approximate surface area is 180 Å². The highest BCUT2D eigenvalue weighted by atomic mass is 32.2. The van der Waals surface area contributed by atoms with Crippen LogP contribution in [0, 0.1) is 0 Å². The molecule has 0 fully saturated rings. The Kier molecular flexibility index (Phi) is 7.92. The maximum absolute atomic E-state index is 12.6. The van der Waals surface area contributed by atoms with Crippen LogP contribution >= 0.6 is 11.8 Å². The zero-order valence-corrected chi connectivity index (χ0v) is 17.5. The fourth-order valence-electron chi connectivity index (χ4n) is 2.71. The van der Waals surface area contributed by atoms with Gasteiger partial charge in [-0.05, 0) is 55.5 Å². The quantitative estimate of drug-likeness (QED) is 0.289. The second kappa shape index (κ2) is 11.1. The first-order chi connectivity index (χ1) is 14.7. The molecule has 0 saturated carbocycles. The van der Waals surface area contributed by atoms with Crippen LogP contribution in [0.1, 0.15) is 27.6 Å². The number of amides is 1. The number of nitrogens with one attached hydrogen (secondary N) is 1. The van der Waals surface area contributed by atoms with Crippen molar-refractivity contribution < 1.29 is 19.1 Å². The van der Waals surface area contributed by atoms with Crippen molar-refractivity contribution in [3.05, 3.63) is 90.0 Å². The van der Waals surface area contributed by atoms with Gasteiger partial charge in [0.15, 0.2) is 0 Å². The molecule has 0 radical (unpaired) electrons. The molecule has 3 rings (SSSR count). The van der Waals surface area contributed by atoms with E-state index in [9.17, 15) is 9.59 Å². The molecule has 154 valence electrons. The minimum absolute atomic E-state index is 0.270. The Morgan fingerprint density at radius 2 is 1.60 bits per heavy atom. The van der Waals surface area contributed by atoms with E-state index in [1.165, 1.54) is 4.90 Å². The number of rotatable bonds is 9. The van der Waals surface area contributed by atoms with E-state index < -0.39 is 5.97 Å². The van der Waals surface area contributed by atoms with Gasteiger partial charge in [-0.2, -0.15) is 0 Å². The Hall–Kier alpha value is -3.25. The lowest BCUT2D eigenvalue weighted by Crippen LogP contribution is -2.15. The summed E-state index contributed by atoms with van der Waals surface area (Å²) in [5.74, 6) is 0.757. The summed E-state index contributed by atoms with van der Waals surface area (Å²) < 4.78 is 10.8. The van der Waals surface area contributed by atoms with Crippen LogP contribution in [0.25, 0.3) is 0 Å². The van der Waals surface area contributed by atoms with E-state index in [4.69, 9.17) is 9.47 Å². The van der Waals surface area contributed by atoms with E-state index in [2.05, 4.69) is 17.4 Å². The van der Waals surface area contributed by atoms with Crippen molar-refractivity contribution >= 4 is 29.3 Å². The molecular weight excluding hydrogens is 398 g/mol. The summed E-state index contributed by atoms with van der Waals surface area (Å²) in [5.41, 5.74) is 1.21. The standard InChI is InChI=1S/C24H23NO4S/c1-2-28-24(27)21-10-6-7-11-22(21)25-23(26)18-12-14-19(15-13-18)29-16-17-30-20-8-4-3-5-9-20/h3-15H,2,16-17H2,1H3,(H,25,26). The Morgan fingerprint density at radius 3 is 2.33 bits per heavy atom. The van der Waals surface area contributed by atoms with Gasteiger partial charge in [0.1, 0.15) is 5.75 Å². The third-order valence-electron chi connectivity index (χ3n) is 4.15. The topological polar surface area (TPSA) is 64.6 Å². The van der Waals surface area contributed by atoms with Gasteiger partial charge in [-0.25, -0.2) is 4.79 Å². The summed E-state index contributed by atoms with van der Waals surface area (Å²) in [5, 5.41) is 2.77. The van der Waals surface area contributed by atoms with Crippen LogP contribution in [0.2, 0.25) is 0 Å². The van der Waals surface area contributed by atoms with E-state index in [1.54, 1.807) is 67.2 Å². The molecule has 6 heteroatoms. The highest BCUT2D eigenvalue weighted by Crippen LogP contribution is 2.20. The molecule has 0 aliphatic heterocycles. The van der Waals surface area contributed by atoms with Crippen molar-refractivity contribution in [2.45, 2.75) is 11.8 Å². The van der Waals surface area contributed by atoms with Crippen molar-refractivity contribution in [2.24, 2.45) is 0 Å². The van der Waals surface area contributed by atoms with Crippen LogP contribution < -0.4 is 10.1 Å². The number of para-hydroxylation sites is 1. The molecule has 3 aromatic carbocycles. The second-order valence-corrected chi connectivity index (χ2v) is 7.42. The number of carbonyl (C=O) groups excluding carboxylic acids is 2. The Bertz CT molecular complexity index is 974. The largest absolute Gasteiger partial charge is 0.493 e. The van der Waals surface area contributed by atoms with E-state index in [0.29, 0.717) is 29.2 Å². The molecule has 30 heavy (non-hydrogen) atoms. The lowest BCUT2D eigenvalue weighted by molar-refractivity contribution is 0.0527. The average molecular weight is 422 g/mol. The number of anilines is 1. The fourth-order valence-corrected chi connectivity index (χ4v) is 3.46. The van der Waals surface area contributed by atoms with Crippen molar-refractivity contribution in [1.82, 2.24) is 0 Å². The van der Waals surface area contributed by atoms with Gasteiger partial charge in [0.05, 0.1) is 24.5 Å². The Balaban J connectivity index is 1.53. The van der Waals surface area contributed by atoms with Crippen molar-refractivity contribution in [3.8, 4) is 5.75 Å². The molecule has 0 bridgehead atoms. The third kappa shape index (κ3) is 6.12. The van der Waals surface area contributed by atoms with Gasteiger partial charge in [0, 0.05) is 16.2 Å². The van der Waals surface area contributed by atoms with E-state index in [0.717, 1.165) is 5.75 Å². The highest BCUT2D eigenvalue weighted by Gasteiger charge is 2.14. The maximum atomic E-state index is 12.6. The van der Waals surface area contributed by atoms with Crippen LogP contribution in [0.15, 0.2) is 83.8 Å². The van der Waals surface area contributed by atoms with E-state index in [1.807, 2.05) is 18.2 Å². The van der Waals surface area contributed by atoms with Crippen molar-refractivity contribution in [1.29, 1.82) is 0 Å². The minimum Gasteiger partial charge on any atom is -0.493 e. The number of esters is 1. The number of thioether (sulfide) groups is 1. The van der Waals surface area contributed by atoms with Gasteiger partial charge in [0.25, 0.3) is 5.91 Å². The summed E-state index contributed by atoms with van der Waals surface area (Å²) in [6.45, 7) is 2.58. The summed E-state index contributed by atoms with van der Waals surface area (Å²) in [7, 11) is 0. The van der Waals surface area contributed by atoms with Crippen LogP contribution in [0.4, 0.5) is 5.69 Å². The summed E-state index contributed by atoms with van der Waals surface area (Å²) in [6.07, 6.45) is 0. The number of benzene rings is 3. The monoisotopic (exact) mass is 421 g/mol. The average Bonchev–Trinajstić information content (AvgIpc) is 2.78. The smallest absolute Gasteiger partial charge is 0.340 e. The lowest BCUT2D eigenvalue weighted by atomic mass is 10.1. The molecule has 0 unspecified atom stereocenters. The minimum atomic E-state index is -0.467. The van der Waals surface area contributed by atoms with Gasteiger partial charge in [-0.1, -0.05) is 30.3 Å². The molecule has 1 N–H and O–H groups in total. The van der Waals surface area contributed by atoms with Gasteiger partial charge >= 0.3 is 5.97 Å². The third-order valence-corrected chi connectivity index (χ3v) is 5.13. The predicted molar refractivity (Wildman–Crippen MR) is 119 cm³/mol. The van der Waals surface area contributed by atoms with Gasteiger partial charge < -0.3 is 14.8 Å². The highest BCUT2D eigenvalue weighted by molar-refractivity contribution is 7.99. The molecule has 5 nitrogen and oxygen atoms in total. The van der Waals surface area contributed by atoms with Crippen molar-refractivity contribution in [3.63, 3.8) is 0 Å². The van der Waals surface area contributed by atoms with Crippen LogP contribution in [-0.4, -0.2) is 30.8 Å². The fraction of sp³-hybridized carbons (Fsp3) is 0.167. The molecule has 3 aromatic rings. The number of ether oxygens (including phenoxy) is 2.